The summed E-state index contributed by atoms with van der Waals surface area (Å²) in [5.74, 6) is -2.69. The average molecular weight is 233 g/mol. The van der Waals surface area contributed by atoms with Gasteiger partial charge in [-0.25, -0.2) is 13.2 Å². The van der Waals surface area contributed by atoms with Crippen LogP contribution < -0.4 is 5.32 Å². The van der Waals surface area contributed by atoms with E-state index in [1.165, 1.54) is 32.4 Å². The van der Waals surface area contributed by atoms with E-state index in [4.69, 9.17) is 0 Å². The zero-order valence-electron chi connectivity index (χ0n) is 8.40. The van der Waals surface area contributed by atoms with Gasteiger partial charge in [0.05, 0.1) is 0 Å². The molecule has 0 saturated carbocycles. The van der Waals surface area contributed by atoms with Crippen molar-refractivity contribution >= 4 is 0 Å². The van der Waals surface area contributed by atoms with E-state index in [0.717, 1.165) is 0 Å². The highest BCUT2D eigenvalue weighted by Crippen LogP contribution is 2.04. The lowest BCUT2D eigenvalue weighted by Crippen LogP contribution is -2.21. The number of benzene rings is 1. The third-order valence-electron chi connectivity index (χ3n) is 2.03. The summed E-state index contributed by atoms with van der Waals surface area (Å²) in [6, 6.07) is 1.84. The van der Waals surface area contributed by atoms with Crippen LogP contribution in [0, 0.1) is 17.5 Å². The van der Waals surface area contributed by atoms with Crippen LogP contribution in [0.3, 0.4) is 0 Å². The van der Waals surface area contributed by atoms with Crippen molar-refractivity contribution in [1.29, 1.82) is 0 Å². The molecule has 1 heterocycles. The fourth-order valence-electron chi connectivity index (χ4n) is 1.32. The van der Waals surface area contributed by atoms with Gasteiger partial charge in [0, 0.05) is 18.2 Å². The Bertz CT molecular complexity index is 236. The number of hydrogen-bond acceptors (Lipinski definition) is 1. The Kier molecular flexibility index (Phi) is 7.64. The fraction of sp³-hybridized carbons (Fsp3) is 0.500. The molecule has 1 N–H and O–H groups in total. The van der Waals surface area contributed by atoms with Crippen molar-refractivity contribution in [1.82, 2.24) is 5.32 Å². The molecule has 0 radical (unpaired) electrons. The molecule has 1 nitrogen and oxygen atoms in total. The molecule has 16 heavy (non-hydrogen) atoms. The van der Waals surface area contributed by atoms with E-state index < -0.39 is 17.5 Å². The van der Waals surface area contributed by atoms with Gasteiger partial charge in [-0.3, -0.25) is 0 Å². The molecule has 1 aromatic carbocycles. The summed E-state index contributed by atoms with van der Waals surface area (Å²) in [5, 5.41) is 3.28. The van der Waals surface area contributed by atoms with Crippen LogP contribution in [0.25, 0.3) is 0 Å². The van der Waals surface area contributed by atoms with Crippen LogP contribution in [-0.4, -0.2) is 13.1 Å². The van der Waals surface area contributed by atoms with Gasteiger partial charge in [0.15, 0.2) is 0 Å². The first kappa shape index (κ1) is 15.0. The lowest BCUT2D eigenvalue weighted by molar-refractivity contribution is 0.520. The Labute approximate surface area is 94.7 Å². The second-order valence-corrected chi connectivity index (χ2v) is 3.40. The van der Waals surface area contributed by atoms with E-state index in [1.807, 2.05) is 0 Å². The summed E-state index contributed by atoms with van der Waals surface area (Å²) in [6.07, 6.45) is 4.22. The molecule has 1 fully saturated rings. The van der Waals surface area contributed by atoms with Gasteiger partial charge in [0.2, 0.25) is 0 Å². The lowest BCUT2D eigenvalue weighted by atomic mass is 10.2. The van der Waals surface area contributed by atoms with Crippen LogP contribution in [0.2, 0.25) is 0 Å². The van der Waals surface area contributed by atoms with Gasteiger partial charge in [-0.2, -0.15) is 0 Å². The number of piperidine rings is 1. The standard InChI is InChI=1S/C6H3F3.C5H11N.CH4/c7-4-1-5(8)3-6(9)2-4;1-2-4-6-5-3-1;/h1-3H;6H,1-5H2;1H4. The molecule has 0 spiro atoms. The predicted octanol–water partition coefficient (Wildman–Crippen LogP) is 3.50. The zero-order valence-corrected chi connectivity index (χ0v) is 8.40. The molecule has 0 amide bonds. The minimum absolute atomic E-state index is 0. The van der Waals surface area contributed by atoms with Crippen LogP contribution in [0.15, 0.2) is 18.2 Å². The molecule has 0 bridgehead atoms. The monoisotopic (exact) mass is 233 g/mol. The lowest BCUT2D eigenvalue weighted by Gasteiger charge is -2.08. The first-order valence-electron chi connectivity index (χ1n) is 5.01. The van der Waals surface area contributed by atoms with Crippen LogP contribution in [-0.2, 0) is 0 Å². The van der Waals surface area contributed by atoms with Crippen molar-refractivity contribution < 1.29 is 13.2 Å². The summed E-state index contributed by atoms with van der Waals surface area (Å²) in [5.41, 5.74) is 0. The van der Waals surface area contributed by atoms with E-state index in [9.17, 15) is 13.2 Å². The molecule has 1 aromatic rings. The first-order valence-corrected chi connectivity index (χ1v) is 5.01. The van der Waals surface area contributed by atoms with Gasteiger partial charge < -0.3 is 5.32 Å². The van der Waals surface area contributed by atoms with Gasteiger partial charge in [-0.1, -0.05) is 13.8 Å². The van der Waals surface area contributed by atoms with E-state index in [2.05, 4.69) is 5.32 Å². The Morgan fingerprint density at radius 3 is 1.31 bits per heavy atom. The molecule has 0 aromatic heterocycles. The van der Waals surface area contributed by atoms with E-state index in [1.54, 1.807) is 0 Å². The van der Waals surface area contributed by atoms with Crippen LogP contribution >= 0.6 is 0 Å². The van der Waals surface area contributed by atoms with Gasteiger partial charge in [0.25, 0.3) is 0 Å². The van der Waals surface area contributed by atoms with Crippen LogP contribution in [0.5, 0.6) is 0 Å². The van der Waals surface area contributed by atoms with Gasteiger partial charge in [-0.05, 0) is 25.9 Å². The Morgan fingerprint density at radius 2 is 1.12 bits per heavy atom. The molecule has 0 unspecified atom stereocenters. The topological polar surface area (TPSA) is 12.0 Å². The average Bonchev–Trinajstić information content (AvgIpc) is 2.19. The van der Waals surface area contributed by atoms with Crippen molar-refractivity contribution in [3.8, 4) is 0 Å². The van der Waals surface area contributed by atoms with Gasteiger partial charge in [0.1, 0.15) is 17.5 Å². The summed E-state index contributed by atoms with van der Waals surface area (Å²) < 4.78 is 35.8. The molecule has 1 aliphatic heterocycles. The quantitative estimate of drug-likeness (QED) is 0.723. The predicted molar refractivity (Wildman–Crippen MR) is 59.8 cm³/mol. The van der Waals surface area contributed by atoms with Crippen molar-refractivity contribution in [2.75, 3.05) is 13.1 Å². The second-order valence-electron chi connectivity index (χ2n) is 3.40. The van der Waals surface area contributed by atoms with Gasteiger partial charge >= 0.3 is 0 Å². The molecule has 1 saturated heterocycles. The summed E-state index contributed by atoms with van der Waals surface area (Å²) in [4.78, 5) is 0. The van der Waals surface area contributed by atoms with Crippen LogP contribution in [0.1, 0.15) is 26.7 Å². The molecule has 2 rings (SSSR count). The largest absolute Gasteiger partial charge is 0.317 e. The fourth-order valence-corrected chi connectivity index (χ4v) is 1.32. The molecule has 0 atom stereocenters. The number of nitrogens with one attached hydrogen (secondary N) is 1. The van der Waals surface area contributed by atoms with E-state index >= 15 is 0 Å². The molecule has 1 aliphatic rings. The maximum absolute atomic E-state index is 11.9. The normalized spacial score (nSPS) is 14.4. The smallest absolute Gasteiger partial charge is 0.129 e. The van der Waals surface area contributed by atoms with E-state index in [-0.39, 0.29) is 7.43 Å². The SMILES string of the molecule is C.C1CCNCC1.Fc1cc(F)cc(F)c1. The highest BCUT2D eigenvalue weighted by Gasteiger charge is 1.97. The number of rotatable bonds is 0. The number of halogens is 3. The number of hydrogen-bond donors (Lipinski definition) is 1. The summed E-state index contributed by atoms with van der Waals surface area (Å²) in [6.45, 7) is 2.50. The molecular weight excluding hydrogens is 215 g/mol. The molecule has 92 valence electrons. The van der Waals surface area contributed by atoms with Crippen molar-refractivity contribution in [2.24, 2.45) is 0 Å². The van der Waals surface area contributed by atoms with Crippen molar-refractivity contribution in [3.63, 3.8) is 0 Å². The first-order chi connectivity index (χ1) is 7.18. The van der Waals surface area contributed by atoms with Crippen LogP contribution in [0.4, 0.5) is 13.2 Å². The van der Waals surface area contributed by atoms with Crippen molar-refractivity contribution in [3.05, 3.63) is 35.7 Å². The van der Waals surface area contributed by atoms with E-state index in [0.29, 0.717) is 18.2 Å². The highest BCUT2D eigenvalue weighted by molar-refractivity contribution is 5.07. The van der Waals surface area contributed by atoms with Crippen molar-refractivity contribution in [2.45, 2.75) is 26.7 Å². The summed E-state index contributed by atoms with van der Waals surface area (Å²) in [7, 11) is 0. The second kappa shape index (κ2) is 8.16. The summed E-state index contributed by atoms with van der Waals surface area (Å²) >= 11 is 0. The zero-order chi connectivity index (χ0) is 11.1. The highest BCUT2D eigenvalue weighted by atomic mass is 19.1. The Morgan fingerprint density at radius 1 is 0.750 bits per heavy atom. The maximum Gasteiger partial charge on any atom is 0.129 e. The molecular formula is C12H18F3N. The minimum atomic E-state index is -0.896. The Balaban J connectivity index is 0.000000283. The Hall–Kier alpha value is -1.03. The van der Waals surface area contributed by atoms with Gasteiger partial charge in [-0.15, -0.1) is 0 Å². The third-order valence-corrected chi connectivity index (χ3v) is 2.03. The third kappa shape index (κ3) is 6.45. The molecule has 4 heteroatoms. The minimum Gasteiger partial charge on any atom is -0.317 e. The maximum atomic E-state index is 11.9. The molecule has 0 aliphatic carbocycles.